The Morgan fingerprint density at radius 1 is 1.24 bits per heavy atom. The molecular formula is C19H20N2O4. The molecule has 25 heavy (non-hydrogen) atoms. The Bertz CT molecular complexity index is 800. The third-order valence-corrected chi connectivity index (χ3v) is 3.53. The summed E-state index contributed by atoms with van der Waals surface area (Å²) < 4.78 is 10.3. The number of para-hydroxylation sites is 1. The Morgan fingerprint density at radius 3 is 2.68 bits per heavy atom. The van der Waals surface area contributed by atoms with Gasteiger partial charge >= 0.3 is 0 Å². The lowest BCUT2D eigenvalue weighted by Crippen LogP contribution is -2.17. The third-order valence-electron chi connectivity index (χ3n) is 3.53. The van der Waals surface area contributed by atoms with Crippen LogP contribution in [0.5, 0.6) is 17.2 Å². The Morgan fingerprint density at radius 2 is 2.00 bits per heavy atom. The molecular weight excluding hydrogens is 320 g/mol. The summed E-state index contributed by atoms with van der Waals surface area (Å²) in [5.41, 5.74) is 4.04. The van der Waals surface area contributed by atoms with Crippen LogP contribution >= 0.6 is 0 Å². The molecule has 0 unspecified atom stereocenters. The first kappa shape index (κ1) is 18.1. The van der Waals surface area contributed by atoms with Gasteiger partial charge in [0.1, 0.15) is 5.75 Å². The highest BCUT2D eigenvalue weighted by molar-refractivity contribution is 5.95. The van der Waals surface area contributed by atoms with Crippen molar-refractivity contribution in [3.05, 3.63) is 65.7 Å². The van der Waals surface area contributed by atoms with Crippen molar-refractivity contribution in [1.29, 1.82) is 0 Å². The average molecular weight is 340 g/mol. The summed E-state index contributed by atoms with van der Waals surface area (Å²) in [5.74, 6) is 0.700. The number of hydrazone groups is 1. The van der Waals surface area contributed by atoms with Crippen molar-refractivity contribution in [3.63, 3.8) is 0 Å². The van der Waals surface area contributed by atoms with Gasteiger partial charge < -0.3 is 14.6 Å². The summed E-state index contributed by atoms with van der Waals surface area (Å²) in [4.78, 5) is 12.2. The largest absolute Gasteiger partial charge is 0.507 e. The van der Waals surface area contributed by atoms with Crippen molar-refractivity contribution < 1.29 is 19.4 Å². The van der Waals surface area contributed by atoms with E-state index in [4.69, 9.17) is 9.47 Å². The summed E-state index contributed by atoms with van der Waals surface area (Å²) in [6.45, 7) is 3.65. The molecule has 0 heterocycles. The summed E-state index contributed by atoms with van der Waals surface area (Å²) in [6.07, 6.45) is 3.64. The predicted molar refractivity (Wildman–Crippen MR) is 96.6 cm³/mol. The third kappa shape index (κ3) is 4.38. The number of hydrogen-bond donors (Lipinski definition) is 2. The number of rotatable bonds is 7. The van der Waals surface area contributed by atoms with E-state index in [9.17, 15) is 9.90 Å². The van der Waals surface area contributed by atoms with Gasteiger partial charge in [0, 0.05) is 11.1 Å². The molecule has 0 saturated carbocycles. The van der Waals surface area contributed by atoms with Gasteiger partial charge in [0.05, 0.1) is 20.4 Å². The molecule has 0 bridgehead atoms. The van der Waals surface area contributed by atoms with Crippen LogP contribution in [0.1, 0.15) is 21.5 Å². The molecule has 0 aliphatic heterocycles. The number of hydrogen-bond acceptors (Lipinski definition) is 5. The van der Waals surface area contributed by atoms with Crippen LogP contribution < -0.4 is 14.9 Å². The molecule has 0 aromatic heterocycles. The Balaban J connectivity index is 2.11. The smallest absolute Gasteiger partial charge is 0.271 e. The number of carbonyl (C=O) groups is 1. The maximum absolute atomic E-state index is 12.2. The molecule has 2 N–H and O–H groups in total. The fourth-order valence-corrected chi connectivity index (χ4v) is 2.24. The molecule has 0 spiro atoms. The molecule has 0 aliphatic rings. The highest BCUT2D eigenvalue weighted by atomic mass is 16.5. The Hall–Kier alpha value is -3.28. The van der Waals surface area contributed by atoms with Gasteiger partial charge in [-0.15, -0.1) is 6.58 Å². The highest BCUT2D eigenvalue weighted by Crippen LogP contribution is 2.27. The standard InChI is InChI=1S/C19H20N2O4/c1-4-6-13-7-5-8-15(18(13)22)12-20-21-19(23)14-9-10-16(24-2)17(11-14)25-3/h4-5,7-12,22H,1,6H2,2-3H3,(H,21,23). The zero-order valence-corrected chi connectivity index (χ0v) is 14.2. The average Bonchev–Trinajstić information content (AvgIpc) is 2.64. The van der Waals surface area contributed by atoms with Crippen LogP contribution in [0.3, 0.4) is 0 Å². The number of amides is 1. The fourth-order valence-electron chi connectivity index (χ4n) is 2.24. The molecule has 0 atom stereocenters. The number of allylic oxidation sites excluding steroid dienone is 1. The monoisotopic (exact) mass is 340 g/mol. The lowest BCUT2D eigenvalue weighted by atomic mass is 10.1. The van der Waals surface area contributed by atoms with Crippen LogP contribution in [0.2, 0.25) is 0 Å². The van der Waals surface area contributed by atoms with Gasteiger partial charge in [0.25, 0.3) is 5.91 Å². The van der Waals surface area contributed by atoms with E-state index in [0.717, 1.165) is 5.56 Å². The summed E-state index contributed by atoms with van der Waals surface area (Å²) >= 11 is 0. The van der Waals surface area contributed by atoms with Crippen LogP contribution in [0.15, 0.2) is 54.2 Å². The minimum absolute atomic E-state index is 0.117. The SMILES string of the molecule is C=CCc1cccc(C=NNC(=O)c2ccc(OC)c(OC)c2)c1O. The minimum atomic E-state index is -0.404. The molecule has 6 nitrogen and oxygen atoms in total. The Kier molecular flexibility index (Phi) is 6.17. The molecule has 0 radical (unpaired) electrons. The van der Waals surface area contributed by atoms with E-state index >= 15 is 0 Å². The topological polar surface area (TPSA) is 80.2 Å². The Labute approximate surface area is 146 Å². The first-order valence-corrected chi connectivity index (χ1v) is 7.58. The number of phenols is 1. The summed E-state index contributed by atoms with van der Waals surface area (Å²) in [7, 11) is 3.02. The second-order valence-electron chi connectivity index (χ2n) is 5.12. The van der Waals surface area contributed by atoms with Crippen molar-refractivity contribution in [3.8, 4) is 17.2 Å². The van der Waals surface area contributed by atoms with E-state index < -0.39 is 5.91 Å². The molecule has 6 heteroatoms. The number of nitrogens with one attached hydrogen (secondary N) is 1. The van der Waals surface area contributed by atoms with Crippen molar-refractivity contribution in [2.24, 2.45) is 5.10 Å². The van der Waals surface area contributed by atoms with E-state index in [0.29, 0.717) is 29.0 Å². The number of benzene rings is 2. The van der Waals surface area contributed by atoms with Crippen LogP contribution in [-0.4, -0.2) is 31.4 Å². The van der Waals surface area contributed by atoms with Gasteiger partial charge in [-0.2, -0.15) is 5.10 Å². The number of phenolic OH excluding ortho intramolecular Hbond substituents is 1. The predicted octanol–water partition coefficient (Wildman–Crippen LogP) is 2.90. The highest BCUT2D eigenvalue weighted by Gasteiger charge is 2.10. The molecule has 0 aliphatic carbocycles. The van der Waals surface area contributed by atoms with Crippen molar-refractivity contribution in [1.82, 2.24) is 5.43 Å². The van der Waals surface area contributed by atoms with E-state index in [2.05, 4.69) is 17.1 Å². The van der Waals surface area contributed by atoms with E-state index in [1.165, 1.54) is 20.4 Å². The van der Waals surface area contributed by atoms with Crippen molar-refractivity contribution in [2.75, 3.05) is 14.2 Å². The van der Waals surface area contributed by atoms with Crippen LogP contribution in [0, 0.1) is 0 Å². The molecule has 0 fully saturated rings. The second kappa shape index (κ2) is 8.54. The lowest BCUT2D eigenvalue weighted by molar-refractivity contribution is 0.0954. The van der Waals surface area contributed by atoms with Crippen LogP contribution in [0.4, 0.5) is 0 Å². The van der Waals surface area contributed by atoms with E-state index in [1.807, 2.05) is 0 Å². The van der Waals surface area contributed by atoms with Gasteiger partial charge in [0.2, 0.25) is 0 Å². The molecule has 130 valence electrons. The zero-order valence-electron chi connectivity index (χ0n) is 14.2. The van der Waals surface area contributed by atoms with Crippen LogP contribution in [0.25, 0.3) is 0 Å². The molecule has 2 rings (SSSR count). The normalized spacial score (nSPS) is 10.5. The molecule has 2 aromatic rings. The zero-order chi connectivity index (χ0) is 18.2. The lowest BCUT2D eigenvalue weighted by Gasteiger charge is -2.08. The maximum Gasteiger partial charge on any atom is 0.271 e. The van der Waals surface area contributed by atoms with Crippen LogP contribution in [-0.2, 0) is 6.42 Å². The van der Waals surface area contributed by atoms with Crippen molar-refractivity contribution >= 4 is 12.1 Å². The van der Waals surface area contributed by atoms with E-state index in [1.54, 1.807) is 42.5 Å². The van der Waals surface area contributed by atoms with Gasteiger partial charge in [-0.1, -0.05) is 18.2 Å². The molecule has 2 aromatic carbocycles. The number of carbonyl (C=O) groups excluding carboxylic acids is 1. The first-order valence-electron chi connectivity index (χ1n) is 7.58. The fraction of sp³-hybridized carbons (Fsp3) is 0.158. The van der Waals surface area contributed by atoms with Gasteiger partial charge in [-0.05, 0) is 36.2 Å². The number of ether oxygens (including phenoxy) is 2. The summed E-state index contributed by atoms with van der Waals surface area (Å²) in [6, 6.07) is 10.1. The number of nitrogens with zero attached hydrogens (tertiary/aromatic N) is 1. The summed E-state index contributed by atoms with van der Waals surface area (Å²) in [5, 5.41) is 14.0. The van der Waals surface area contributed by atoms with Gasteiger partial charge in [0.15, 0.2) is 11.5 Å². The second-order valence-corrected chi connectivity index (χ2v) is 5.12. The maximum atomic E-state index is 12.2. The quantitative estimate of drug-likeness (QED) is 0.461. The minimum Gasteiger partial charge on any atom is -0.507 e. The van der Waals surface area contributed by atoms with Crippen molar-refractivity contribution in [2.45, 2.75) is 6.42 Å². The van der Waals surface area contributed by atoms with E-state index in [-0.39, 0.29) is 5.75 Å². The van der Waals surface area contributed by atoms with Gasteiger partial charge in [-0.25, -0.2) is 5.43 Å². The molecule has 0 saturated heterocycles. The number of aromatic hydroxyl groups is 1. The molecule has 1 amide bonds. The first-order chi connectivity index (χ1) is 12.1. The number of methoxy groups -OCH3 is 2. The van der Waals surface area contributed by atoms with Gasteiger partial charge in [-0.3, -0.25) is 4.79 Å².